The molecule has 1 amide bonds. The van der Waals surface area contributed by atoms with Gasteiger partial charge in [-0.3, -0.25) is 9.69 Å². The molecular weight excluding hydrogens is 372 g/mol. The Balaban J connectivity index is 1.30. The summed E-state index contributed by atoms with van der Waals surface area (Å²) in [6.45, 7) is 5.63. The van der Waals surface area contributed by atoms with E-state index in [0.717, 1.165) is 64.2 Å². The van der Waals surface area contributed by atoms with Crippen LogP contribution in [0.1, 0.15) is 49.0 Å². The molecule has 1 N–H and O–H groups in total. The Morgan fingerprint density at radius 2 is 2.18 bits per heavy atom. The number of thiophene rings is 1. The lowest BCUT2D eigenvalue weighted by molar-refractivity contribution is -0.141. The van der Waals surface area contributed by atoms with Gasteiger partial charge >= 0.3 is 0 Å². The van der Waals surface area contributed by atoms with Crippen LogP contribution >= 0.6 is 11.3 Å². The summed E-state index contributed by atoms with van der Waals surface area (Å²) in [7, 11) is 0. The van der Waals surface area contributed by atoms with E-state index in [1.54, 1.807) is 11.3 Å². The van der Waals surface area contributed by atoms with Crippen molar-refractivity contribution in [3.63, 3.8) is 0 Å². The highest BCUT2D eigenvalue weighted by Crippen LogP contribution is 2.41. The van der Waals surface area contributed by atoms with Crippen molar-refractivity contribution in [3.05, 3.63) is 21.9 Å². The van der Waals surface area contributed by atoms with Gasteiger partial charge in [-0.2, -0.15) is 0 Å². The molecule has 0 saturated carbocycles. The van der Waals surface area contributed by atoms with Crippen LogP contribution in [0.5, 0.6) is 0 Å². The van der Waals surface area contributed by atoms with Crippen molar-refractivity contribution < 1.29 is 14.6 Å². The zero-order valence-electron chi connectivity index (χ0n) is 16.5. The third-order valence-electron chi connectivity index (χ3n) is 6.46. The smallest absolute Gasteiger partial charge is 0.222 e. The second-order valence-electron chi connectivity index (χ2n) is 8.45. The summed E-state index contributed by atoms with van der Waals surface area (Å²) in [5.74, 6) is 6.01. The molecule has 3 saturated heterocycles. The van der Waals surface area contributed by atoms with Crippen LogP contribution in [0.4, 0.5) is 0 Å². The van der Waals surface area contributed by atoms with Crippen LogP contribution in [-0.4, -0.2) is 66.3 Å². The van der Waals surface area contributed by atoms with E-state index in [1.807, 2.05) is 0 Å². The summed E-state index contributed by atoms with van der Waals surface area (Å²) in [6.07, 6.45) is 6.56. The average molecular weight is 403 g/mol. The van der Waals surface area contributed by atoms with Crippen molar-refractivity contribution in [1.82, 2.24) is 9.80 Å². The minimum Gasteiger partial charge on any atom is -0.384 e. The Morgan fingerprint density at radius 1 is 1.32 bits per heavy atom. The van der Waals surface area contributed by atoms with E-state index < -0.39 is 0 Å². The van der Waals surface area contributed by atoms with Gasteiger partial charge in [0.25, 0.3) is 0 Å². The summed E-state index contributed by atoms with van der Waals surface area (Å²) in [6, 6.07) is 2.14. The van der Waals surface area contributed by atoms with Crippen molar-refractivity contribution >= 4 is 17.2 Å². The third kappa shape index (κ3) is 4.77. The molecule has 1 aromatic rings. The van der Waals surface area contributed by atoms with Crippen LogP contribution in [0.2, 0.25) is 0 Å². The lowest BCUT2D eigenvalue weighted by Gasteiger charge is -2.47. The summed E-state index contributed by atoms with van der Waals surface area (Å²) in [5.41, 5.74) is 1.30. The highest BCUT2D eigenvalue weighted by atomic mass is 32.1. The lowest BCUT2D eigenvalue weighted by Crippen LogP contribution is -2.52. The molecule has 28 heavy (non-hydrogen) atoms. The molecule has 0 aromatic carbocycles. The number of ether oxygens (including phenoxy) is 1. The number of aliphatic hydroxyl groups is 1. The minimum atomic E-state index is -0.0915. The number of carbonyl (C=O) groups is 1. The number of rotatable bonds is 4. The number of piperidine rings is 2. The van der Waals surface area contributed by atoms with E-state index in [0.29, 0.717) is 17.7 Å². The maximum absolute atomic E-state index is 12.4. The number of hydrogen-bond donors (Lipinski definition) is 1. The summed E-state index contributed by atoms with van der Waals surface area (Å²) in [5, 5.41) is 10.9. The van der Waals surface area contributed by atoms with E-state index >= 15 is 0 Å². The van der Waals surface area contributed by atoms with Gasteiger partial charge in [0.2, 0.25) is 5.91 Å². The predicted octanol–water partition coefficient (Wildman–Crippen LogP) is 2.48. The van der Waals surface area contributed by atoms with Crippen LogP contribution in [0, 0.1) is 17.3 Å². The monoisotopic (exact) mass is 402 g/mol. The number of carbonyl (C=O) groups excluding carboxylic acids is 1. The molecule has 3 aliphatic heterocycles. The third-order valence-corrected chi connectivity index (χ3v) is 7.38. The van der Waals surface area contributed by atoms with Crippen LogP contribution in [0.3, 0.4) is 0 Å². The van der Waals surface area contributed by atoms with Crippen molar-refractivity contribution in [1.29, 1.82) is 0 Å². The molecule has 0 aliphatic carbocycles. The number of amides is 1. The molecule has 3 aliphatic rings. The molecule has 5 nitrogen and oxygen atoms in total. The number of hydrogen-bond acceptors (Lipinski definition) is 5. The van der Waals surface area contributed by atoms with Crippen LogP contribution < -0.4 is 0 Å². The summed E-state index contributed by atoms with van der Waals surface area (Å²) >= 11 is 1.75. The number of likely N-dealkylation sites (tertiary alicyclic amines) is 2. The molecule has 152 valence electrons. The van der Waals surface area contributed by atoms with Gasteiger partial charge in [0.05, 0.1) is 6.10 Å². The van der Waals surface area contributed by atoms with Crippen molar-refractivity contribution in [2.24, 2.45) is 5.41 Å². The largest absolute Gasteiger partial charge is 0.384 e. The topological polar surface area (TPSA) is 53.0 Å². The highest BCUT2D eigenvalue weighted by molar-refractivity contribution is 7.10. The van der Waals surface area contributed by atoms with Crippen LogP contribution in [0.15, 0.2) is 11.4 Å². The van der Waals surface area contributed by atoms with Crippen LogP contribution in [-0.2, 0) is 16.1 Å². The van der Waals surface area contributed by atoms with Gasteiger partial charge in [-0.1, -0.05) is 11.8 Å². The average Bonchev–Trinajstić information content (AvgIpc) is 3.37. The van der Waals surface area contributed by atoms with E-state index in [4.69, 9.17) is 9.84 Å². The molecule has 1 aromatic heterocycles. The van der Waals surface area contributed by atoms with Gasteiger partial charge in [0, 0.05) is 48.5 Å². The van der Waals surface area contributed by atoms with Gasteiger partial charge in [-0.25, -0.2) is 0 Å². The fraction of sp³-hybridized carbons (Fsp3) is 0.682. The number of aliphatic hydroxyl groups excluding tert-OH is 1. The van der Waals surface area contributed by atoms with Gasteiger partial charge in [0.1, 0.15) is 6.61 Å². The molecule has 6 heteroatoms. The standard InChI is InChI=1S/C22H30N2O3S/c25-11-1-3-18-13-20(28-16-18)15-23-9-7-22(8-10-23)6-5-21(26)24(17-22)14-19-4-2-12-27-19/h13,16,19,25H,2,4-12,14-15,17H2. The Morgan fingerprint density at radius 3 is 2.93 bits per heavy atom. The number of nitrogens with zero attached hydrogens (tertiary/aromatic N) is 2. The molecule has 4 rings (SSSR count). The van der Waals surface area contributed by atoms with Gasteiger partial charge < -0.3 is 14.7 Å². The van der Waals surface area contributed by atoms with Gasteiger partial charge in [-0.05, 0) is 56.7 Å². The lowest BCUT2D eigenvalue weighted by atomic mass is 9.72. The van der Waals surface area contributed by atoms with Gasteiger partial charge in [0.15, 0.2) is 0 Å². The first-order valence-electron chi connectivity index (χ1n) is 10.4. The van der Waals surface area contributed by atoms with Crippen molar-refractivity contribution in [3.8, 4) is 11.8 Å². The van der Waals surface area contributed by atoms with Crippen molar-refractivity contribution in [2.75, 3.05) is 39.4 Å². The Labute approximate surface area is 171 Å². The second-order valence-corrected chi connectivity index (χ2v) is 9.44. The molecule has 3 fully saturated rings. The molecule has 0 radical (unpaired) electrons. The molecular formula is C22H30N2O3S. The summed E-state index contributed by atoms with van der Waals surface area (Å²) < 4.78 is 5.77. The van der Waals surface area contributed by atoms with Crippen molar-refractivity contribution in [2.45, 2.75) is 51.2 Å². The Kier molecular flexibility index (Phi) is 6.37. The maximum Gasteiger partial charge on any atom is 0.222 e. The molecule has 1 atom stereocenters. The first-order valence-corrected chi connectivity index (χ1v) is 11.3. The van der Waals surface area contributed by atoms with E-state index in [9.17, 15) is 4.79 Å². The van der Waals surface area contributed by atoms with E-state index in [-0.39, 0.29) is 12.7 Å². The first kappa shape index (κ1) is 19.9. The fourth-order valence-corrected chi connectivity index (χ4v) is 5.64. The first-order chi connectivity index (χ1) is 13.7. The zero-order valence-corrected chi connectivity index (χ0v) is 17.3. The predicted molar refractivity (Wildman–Crippen MR) is 110 cm³/mol. The van der Waals surface area contributed by atoms with E-state index in [2.05, 4.69) is 33.1 Å². The zero-order chi connectivity index (χ0) is 19.4. The normalized spacial score (nSPS) is 25.1. The van der Waals surface area contributed by atoms with Crippen LogP contribution in [0.25, 0.3) is 0 Å². The van der Waals surface area contributed by atoms with Gasteiger partial charge in [-0.15, -0.1) is 11.3 Å². The molecule has 0 bridgehead atoms. The maximum atomic E-state index is 12.4. The Bertz CT molecular complexity index is 736. The SMILES string of the molecule is O=C1CCC2(CCN(Cc3cc(C#CCO)cs3)CC2)CN1CC1CCCO1. The quantitative estimate of drug-likeness (QED) is 0.786. The molecule has 1 unspecified atom stereocenters. The Hall–Kier alpha value is -1.39. The molecule has 1 spiro atoms. The summed E-state index contributed by atoms with van der Waals surface area (Å²) in [4.78, 5) is 18.4. The van der Waals surface area contributed by atoms with E-state index in [1.165, 1.54) is 17.7 Å². The highest BCUT2D eigenvalue weighted by Gasteiger charge is 2.41. The fourth-order valence-electron chi connectivity index (χ4n) is 4.79. The minimum absolute atomic E-state index is 0.0915. The second kappa shape index (κ2) is 8.96. The molecule has 4 heterocycles.